The van der Waals surface area contributed by atoms with Crippen LogP contribution in [0.4, 0.5) is 5.82 Å². The van der Waals surface area contributed by atoms with Gasteiger partial charge in [-0.25, -0.2) is 9.97 Å². The second-order valence-corrected chi connectivity index (χ2v) is 7.07. The minimum absolute atomic E-state index is 0.127. The van der Waals surface area contributed by atoms with Gasteiger partial charge in [-0.15, -0.1) is 0 Å². The van der Waals surface area contributed by atoms with E-state index in [9.17, 15) is 4.79 Å². The van der Waals surface area contributed by atoms with Gasteiger partial charge in [0.25, 0.3) is 5.91 Å². The highest BCUT2D eigenvalue weighted by molar-refractivity contribution is 5.92. The van der Waals surface area contributed by atoms with Crippen molar-refractivity contribution in [1.29, 1.82) is 0 Å². The number of carbonyl (C=O) groups is 1. The summed E-state index contributed by atoms with van der Waals surface area (Å²) in [6.07, 6.45) is 14.0. The molecule has 1 aliphatic carbocycles. The molecule has 2 heterocycles. The van der Waals surface area contributed by atoms with Crippen molar-refractivity contribution in [3.63, 3.8) is 0 Å². The summed E-state index contributed by atoms with van der Waals surface area (Å²) in [6, 6.07) is 0. The lowest BCUT2D eigenvalue weighted by Gasteiger charge is -2.31. The minimum Gasteiger partial charge on any atom is -0.355 e. The quantitative estimate of drug-likeness (QED) is 0.842. The molecule has 1 N–H and O–H groups in total. The lowest BCUT2D eigenvalue weighted by atomic mass is 9.97. The molecule has 24 heavy (non-hydrogen) atoms. The number of hydrogen-bond acceptors (Lipinski definition) is 4. The average Bonchev–Trinajstić information content (AvgIpc) is 2.63. The average molecular weight is 328 g/mol. The first-order valence-corrected chi connectivity index (χ1v) is 9.25. The monoisotopic (exact) mass is 328 g/mol. The fraction of sp³-hybridized carbons (Fsp3) is 0.632. The number of hydrogen-bond donors (Lipinski definition) is 1. The number of anilines is 1. The SMILES string of the molecule is CC1CCCN(c2cnc(C(=O)NCCC3=CCCCC3)cn2)C1. The van der Waals surface area contributed by atoms with Crippen molar-refractivity contribution in [3.05, 3.63) is 29.7 Å². The predicted molar refractivity (Wildman–Crippen MR) is 96.1 cm³/mol. The van der Waals surface area contributed by atoms with E-state index in [0.29, 0.717) is 18.2 Å². The lowest BCUT2D eigenvalue weighted by Crippen LogP contribution is -2.35. The highest BCUT2D eigenvalue weighted by atomic mass is 16.1. The largest absolute Gasteiger partial charge is 0.355 e. The van der Waals surface area contributed by atoms with Crippen molar-refractivity contribution in [2.75, 3.05) is 24.5 Å². The van der Waals surface area contributed by atoms with Crippen molar-refractivity contribution in [2.24, 2.45) is 5.92 Å². The maximum Gasteiger partial charge on any atom is 0.271 e. The van der Waals surface area contributed by atoms with Crippen LogP contribution in [0.15, 0.2) is 24.0 Å². The van der Waals surface area contributed by atoms with E-state index in [4.69, 9.17) is 0 Å². The Kier molecular flexibility index (Phi) is 5.83. The van der Waals surface area contributed by atoms with E-state index < -0.39 is 0 Å². The third-order valence-electron chi connectivity index (χ3n) is 4.97. The normalized spacial score (nSPS) is 21.3. The summed E-state index contributed by atoms with van der Waals surface area (Å²) in [5.41, 5.74) is 1.88. The Hall–Kier alpha value is -1.91. The molecule has 1 amide bonds. The number of rotatable bonds is 5. The van der Waals surface area contributed by atoms with Crippen molar-refractivity contribution in [1.82, 2.24) is 15.3 Å². The van der Waals surface area contributed by atoms with E-state index >= 15 is 0 Å². The van der Waals surface area contributed by atoms with Crippen LogP contribution in [-0.4, -0.2) is 35.5 Å². The van der Waals surface area contributed by atoms with Crippen molar-refractivity contribution < 1.29 is 4.79 Å². The second kappa shape index (κ2) is 8.27. The van der Waals surface area contributed by atoms with Crippen LogP contribution in [0.25, 0.3) is 0 Å². The van der Waals surface area contributed by atoms with Gasteiger partial charge in [0.2, 0.25) is 0 Å². The topological polar surface area (TPSA) is 58.1 Å². The third kappa shape index (κ3) is 4.56. The summed E-state index contributed by atoms with van der Waals surface area (Å²) in [7, 11) is 0. The van der Waals surface area contributed by atoms with E-state index in [0.717, 1.165) is 25.3 Å². The molecule has 0 aromatic carbocycles. The Morgan fingerprint density at radius 3 is 2.92 bits per heavy atom. The number of nitrogens with one attached hydrogen (secondary N) is 1. The summed E-state index contributed by atoms with van der Waals surface area (Å²) in [5.74, 6) is 1.44. The molecule has 0 bridgehead atoms. The standard InChI is InChI=1S/C19H28N4O/c1-15-6-5-11-23(14-15)18-13-21-17(12-22-18)19(24)20-10-9-16-7-3-2-4-8-16/h7,12-13,15H,2-6,8-11,14H2,1H3,(H,20,24). The van der Waals surface area contributed by atoms with Gasteiger partial charge in [0.1, 0.15) is 11.5 Å². The Morgan fingerprint density at radius 1 is 1.29 bits per heavy atom. The van der Waals surface area contributed by atoms with E-state index in [1.807, 2.05) is 0 Å². The first-order valence-electron chi connectivity index (χ1n) is 9.25. The molecule has 3 rings (SSSR count). The zero-order valence-electron chi connectivity index (χ0n) is 14.6. The van der Waals surface area contributed by atoms with Gasteiger partial charge in [0.05, 0.1) is 12.4 Å². The van der Waals surface area contributed by atoms with Gasteiger partial charge < -0.3 is 10.2 Å². The smallest absolute Gasteiger partial charge is 0.271 e. The molecule has 1 aliphatic heterocycles. The molecule has 1 saturated heterocycles. The number of amides is 1. The van der Waals surface area contributed by atoms with Crippen LogP contribution in [0.3, 0.4) is 0 Å². The van der Waals surface area contributed by atoms with Crippen molar-refractivity contribution >= 4 is 11.7 Å². The summed E-state index contributed by atoms with van der Waals surface area (Å²) in [5, 5.41) is 2.96. The number of piperidine rings is 1. The molecule has 1 aromatic rings. The molecule has 2 aliphatic rings. The molecule has 130 valence electrons. The first kappa shape index (κ1) is 16.9. The number of nitrogens with zero attached hydrogens (tertiary/aromatic N) is 3. The molecular formula is C19H28N4O. The summed E-state index contributed by atoms with van der Waals surface area (Å²) < 4.78 is 0. The van der Waals surface area contributed by atoms with Gasteiger partial charge in [0, 0.05) is 19.6 Å². The molecule has 1 unspecified atom stereocenters. The Labute approximate surface area is 144 Å². The van der Waals surface area contributed by atoms with Gasteiger partial charge in [-0.1, -0.05) is 18.6 Å². The van der Waals surface area contributed by atoms with Crippen LogP contribution < -0.4 is 10.2 Å². The summed E-state index contributed by atoms with van der Waals surface area (Å²) in [6.45, 7) is 5.00. The Morgan fingerprint density at radius 2 is 2.21 bits per heavy atom. The molecule has 1 aromatic heterocycles. The van der Waals surface area contributed by atoms with Crippen molar-refractivity contribution in [2.45, 2.75) is 51.9 Å². The van der Waals surface area contributed by atoms with E-state index in [1.165, 1.54) is 44.1 Å². The molecule has 5 heteroatoms. The molecule has 0 radical (unpaired) electrons. The number of allylic oxidation sites excluding steroid dienone is 1. The fourth-order valence-electron chi connectivity index (χ4n) is 3.56. The molecule has 0 saturated carbocycles. The molecule has 0 spiro atoms. The zero-order valence-corrected chi connectivity index (χ0v) is 14.6. The van der Waals surface area contributed by atoms with Crippen LogP contribution >= 0.6 is 0 Å². The van der Waals surface area contributed by atoms with Crippen LogP contribution in [0.2, 0.25) is 0 Å². The highest BCUT2D eigenvalue weighted by Gasteiger charge is 2.18. The van der Waals surface area contributed by atoms with E-state index in [-0.39, 0.29) is 5.91 Å². The van der Waals surface area contributed by atoms with Gasteiger partial charge in [-0.3, -0.25) is 4.79 Å². The lowest BCUT2D eigenvalue weighted by molar-refractivity contribution is 0.0948. The summed E-state index contributed by atoms with van der Waals surface area (Å²) in [4.78, 5) is 23.2. The first-order chi connectivity index (χ1) is 11.7. The number of aromatic nitrogens is 2. The van der Waals surface area contributed by atoms with Gasteiger partial charge >= 0.3 is 0 Å². The van der Waals surface area contributed by atoms with Gasteiger partial charge in [-0.2, -0.15) is 0 Å². The maximum atomic E-state index is 12.2. The molecule has 1 atom stereocenters. The summed E-state index contributed by atoms with van der Waals surface area (Å²) >= 11 is 0. The van der Waals surface area contributed by atoms with Crippen LogP contribution in [0.1, 0.15) is 62.4 Å². The van der Waals surface area contributed by atoms with Crippen LogP contribution in [0.5, 0.6) is 0 Å². The third-order valence-corrected chi connectivity index (χ3v) is 4.97. The van der Waals surface area contributed by atoms with Crippen LogP contribution in [-0.2, 0) is 0 Å². The highest BCUT2D eigenvalue weighted by Crippen LogP contribution is 2.21. The molecule has 1 fully saturated rings. The zero-order chi connectivity index (χ0) is 16.8. The van der Waals surface area contributed by atoms with Crippen LogP contribution in [0, 0.1) is 5.92 Å². The van der Waals surface area contributed by atoms with Gasteiger partial charge in [0.15, 0.2) is 0 Å². The van der Waals surface area contributed by atoms with E-state index in [1.54, 1.807) is 12.4 Å². The van der Waals surface area contributed by atoms with Gasteiger partial charge in [-0.05, 0) is 50.9 Å². The Bertz CT molecular complexity index is 582. The minimum atomic E-state index is -0.127. The fourth-order valence-corrected chi connectivity index (χ4v) is 3.56. The second-order valence-electron chi connectivity index (χ2n) is 7.07. The van der Waals surface area contributed by atoms with E-state index in [2.05, 4.69) is 33.2 Å². The Balaban J connectivity index is 1.49. The number of carbonyl (C=O) groups excluding carboxylic acids is 1. The molecular weight excluding hydrogens is 300 g/mol. The maximum absolute atomic E-state index is 12.2. The predicted octanol–water partition coefficient (Wildman–Crippen LogP) is 3.33. The molecule has 5 nitrogen and oxygen atoms in total. The van der Waals surface area contributed by atoms with Crippen molar-refractivity contribution in [3.8, 4) is 0 Å².